The van der Waals surface area contributed by atoms with Crippen LogP contribution in [-0.4, -0.2) is 22.8 Å². The molecule has 2 aliphatic heterocycles. The van der Waals surface area contributed by atoms with Gasteiger partial charge in [-0.25, -0.2) is 0 Å². The van der Waals surface area contributed by atoms with Gasteiger partial charge in [0.2, 0.25) is 5.91 Å². The molecule has 2 aliphatic rings. The smallest absolute Gasteiger partial charge is 0.255 e. The second-order valence-corrected chi connectivity index (χ2v) is 8.73. The number of nitrogens with one attached hydrogen (secondary N) is 2. The molecule has 0 saturated carbocycles. The summed E-state index contributed by atoms with van der Waals surface area (Å²) in [6.45, 7) is 5.42. The van der Waals surface area contributed by atoms with Gasteiger partial charge in [0, 0.05) is 30.0 Å². The number of ether oxygens (including phenoxy) is 1. The van der Waals surface area contributed by atoms with Crippen LogP contribution in [0.4, 0.5) is 5.69 Å². The lowest BCUT2D eigenvalue weighted by molar-refractivity contribution is -0.126. The van der Waals surface area contributed by atoms with E-state index in [1.54, 1.807) is 4.90 Å². The Morgan fingerprint density at radius 2 is 1.82 bits per heavy atom. The summed E-state index contributed by atoms with van der Waals surface area (Å²) in [6, 6.07) is 23.4. The van der Waals surface area contributed by atoms with E-state index in [0.29, 0.717) is 43.8 Å². The van der Waals surface area contributed by atoms with E-state index in [9.17, 15) is 9.59 Å². The molecule has 0 aliphatic carbocycles. The number of allylic oxidation sites excluding steroid dienone is 1. The van der Waals surface area contributed by atoms with Gasteiger partial charge in [0.05, 0.1) is 0 Å². The van der Waals surface area contributed by atoms with Gasteiger partial charge >= 0.3 is 0 Å². The van der Waals surface area contributed by atoms with Crippen molar-refractivity contribution in [1.29, 1.82) is 0 Å². The van der Waals surface area contributed by atoms with E-state index in [4.69, 9.17) is 4.74 Å². The summed E-state index contributed by atoms with van der Waals surface area (Å²) in [5, 5.41) is 6.22. The summed E-state index contributed by atoms with van der Waals surface area (Å²) in [4.78, 5) is 27.0. The third kappa shape index (κ3) is 4.66. The Kier molecular flexibility index (Phi) is 6.04. The van der Waals surface area contributed by atoms with Crippen LogP contribution >= 0.6 is 0 Å². The number of hydrogen-bond donors (Lipinski definition) is 2. The Hall–Kier alpha value is -4.06. The number of benzene rings is 3. The molecule has 1 unspecified atom stereocenters. The Labute approximate surface area is 199 Å². The van der Waals surface area contributed by atoms with Gasteiger partial charge in [-0.05, 0) is 59.9 Å². The number of anilines is 1. The maximum atomic E-state index is 12.9. The van der Waals surface area contributed by atoms with Crippen molar-refractivity contribution in [2.24, 2.45) is 0 Å². The van der Waals surface area contributed by atoms with Crippen molar-refractivity contribution in [3.05, 3.63) is 107 Å². The van der Waals surface area contributed by atoms with Gasteiger partial charge in [-0.1, -0.05) is 49.0 Å². The lowest BCUT2D eigenvalue weighted by atomic mass is 10.0. The predicted molar refractivity (Wildman–Crippen MR) is 131 cm³/mol. The first kappa shape index (κ1) is 21.8. The molecule has 0 aromatic heterocycles. The second-order valence-electron chi connectivity index (χ2n) is 8.73. The van der Waals surface area contributed by atoms with Crippen LogP contribution in [0.3, 0.4) is 0 Å². The number of carbonyl (C=O) groups excluding carboxylic acids is 2. The van der Waals surface area contributed by atoms with Crippen LogP contribution in [0.15, 0.2) is 85.1 Å². The second kappa shape index (κ2) is 9.43. The first-order chi connectivity index (χ1) is 16.6. The Morgan fingerprint density at radius 3 is 2.65 bits per heavy atom. The van der Waals surface area contributed by atoms with Crippen LogP contribution in [0.25, 0.3) is 0 Å². The van der Waals surface area contributed by atoms with E-state index in [-0.39, 0.29) is 11.8 Å². The fraction of sp³-hybridized carbons (Fsp3) is 0.214. The third-order valence-electron chi connectivity index (χ3n) is 6.28. The van der Waals surface area contributed by atoms with Crippen molar-refractivity contribution in [1.82, 2.24) is 10.2 Å². The van der Waals surface area contributed by atoms with Crippen LogP contribution in [0.2, 0.25) is 0 Å². The molecule has 1 atom stereocenters. The van der Waals surface area contributed by atoms with E-state index in [2.05, 4.69) is 23.3 Å². The van der Waals surface area contributed by atoms with E-state index < -0.39 is 6.04 Å². The molecule has 34 heavy (non-hydrogen) atoms. The van der Waals surface area contributed by atoms with Crippen LogP contribution in [0, 0.1) is 0 Å². The highest BCUT2D eigenvalue weighted by atomic mass is 16.5. The Balaban J connectivity index is 1.21. The van der Waals surface area contributed by atoms with E-state index in [1.165, 1.54) is 0 Å². The number of amides is 2. The predicted octanol–water partition coefficient (Wildman–Crippen LogP) is 4.63. The van der Waals surface area contributed by atoms with E-state index in [1.807, 2.05) is 66.7 Å². The topological polar surface area (TPSA) is 70.7 Å². The first-order valence-electron chi connectivity index (χ1n) is 11.5. The van der Waals surface area contributed by atoms with Gasteiger partial charge < -0.3 is 20.3 Å². The van der Waals surface area contributed by atoms with Crippen molar-refractivity contribution in [3.8, 4) is 5.75 Å². The molecule has 6 heteroatoms. The molecular formula is C28H27N3O3. The largest absolute Gasteiger partial charge is 0.489 e. The fourth-order valence-electron chi connectivity index (χ4n) is 4.45. The van der Waals surface area contributed by atoms with Crippen LogP contribution in [-0.2, 0) is 24.5 Å². The summed E-state index contributed by atoms with van der Waals surface area (Å²) >= 11 is 0. The highest BCUT2D eigenvalue weighted by molar-refractivity contribution is 6.01. The zero-order valence-corrected chi connectivity index (χ0v) is 18.9. The molecule has 2 N–H and O–H groups in total. The molecule has 6 nitrogen and oxygen atoms in total. The summed E-state index contributed by atoms with van der Waals surface area (Å²) in [6.07, 6.45) is 1.30. The lowest BCUT2D eigenvalue weighted by Crippen LogP contribution is -2.49. The Bertz CT molecular complexity index is 1240. The van der Waals surface area contributed by atoms with Gasteiger partial charge in [0.15, 0.2) is 0 Å². The SMILES string of the molecule is C=C1CCC(N2Cc3cc(NCc4cccc(OCc5ccccc5)c4)ccc3C2=O)C(=O)N1. The van der Waals surface area contributed by atoms with Crippen LogP contribution in [0.5, 0.6) is 5.75 Å². The van der Waals surface area contributed by atoms with Crippen molar-refractivity contribution in [3.63, 3.8) is 0 Å². The van der Waals surface area contributed by atoms with Crippen molar-refractivity contribution in [2.75, 3.05) is 5.32 Å². The molecule has 172 valence electrons. The van der Waals surface area contributed by atoms with Crippen LogP contribution < -0.4 is 15.4 Å². The van der Waals surface area contributed by atoms with Gasteiger partial charge in [0.25, 0.3) is 5.91 Å². The molecule has 1 fully saturated rings. The van der Waals surface area contributed by atoms with Gasteiger partial charge in [-0.15, -0.1) is 0 Å². The molecule has 1 saturated heterocycles. The monoisotopic (exact) mass is 453 g/mol. The molecule has 2 heterocycles. The zero-order chi connectivity index (χ0) is 23.5. The molecular weight excluding hydrogens is 426 g/mol. The summed E-state index contributed by atoms with van der Waals surface area (Å²) in [5.41, 5.74) is 5.48. The molecule has 0 spiro atoms. The van der Waals surface area contributed by atoms with Crippen molar-refractivity contribution >= 4 is 17.5 Å². The van der Waals surface area contributed by atoms with Crippen molar-refractivity contribution < 1.29 is 14.3 Å². The molecule has 0 radical (unpaired) electrons. The molecule has 0 bridgehead atoms. The third-order valence-corrected chi connectivity index (χ3v) is 6.28. The van der Waals surface area contributed by atoms with Gasteiger partial charge in [0.1, 0.15) is 18.4 Å². The normalized spacial score (nSPS) is 17.4. The number of carbonyl (C=O) groups is 2. The maximum absolute atomic E-state index is 12.9. The van der Waals surface area contributed by atoms with Crippen LogP contribution in [0.1, 0.15) is 39.9 Å². The van der Waals surface area contributed by atoms with E-state index in [0.717, 1.165) is 28.1 Å². The minimum absolute atomic E-state index is 0.0857. The van der Waals surface area contributed by atoms with Gasteiger partial charge in [-0.2, -0.15) is 0 Å². The molecule has 3 aromatic carbocycles. The highest BCUT2D eigenvalue weighted by Gasteiger charge is 2.38. The number of fused-ring (bicyclic) bond motifs is 1. The Morgan fingerprint density at radius 1 is 1.00 bits per heavy atom. The zero-order valence-electron chi connectivity index (χ0n) is 18.9. The summed E-state index contributed by atoms with van der Waals surface area (Å²) in [7, 11) is 0. The first-order valence-corrected chi connectivity index (χ1v) is 11.5. The van der Waals surface area contributed by atoms with Gasteiger partial charge in [-0.3, -0.25) is 9.59 Å². The minimum atomic E-state index is -0.444. The lowest BCUT2D eigenvalue weighted by Gasteiger charge is -2.30. The maximum Gasteiger partial charge on any atom is 0.255 e. The number of rotatable bonds is 7. The van der Waals surface area contributed by atoms with E-state index >= 15 is 0 Å². The number of nitrogens with zero attached hydrogens (tertiary/aromatic N) is 1. The minimum Gasteiger partial charge on any atom is -0.489 e. The fourth-order valence-corrected chi connectivity index (χ4v) is 4.45. The molecule has 3 aromatic rings. The summed E-state index contributed by atoms with van der Waals surface area (Å²) < 4.78 is 5.93. The number of piperidine rings is 1. The standard InChI is InChI=1S/C28H27N3O3/c1-19-10-13-26(27(32)30-19)31-17-22-15-23(11-12-25(22)28(31)33)29-16-21-8-5-9-24(14-21)34-18-20-6-3-2-4-7-20/h2-9,11-12,14-15,26,29H,1,10,13,16-18H2,(H,30,32). The molecule has 2 amide bonds. The highest BCUT2D eigenvalue weighted by Crippen LogP contribution is 2.30. The average molecular weight is 454 g/mol. The molecule has 5 rings (SSSR count). The summed E-state index contributed by atoms with van der Waals surface area (Å²) in [5.74, 6) is 0.592. The number of hydrogen-bond acceptors (Lipinski definition) is 4. The van der Waals surface area contributed by atoms with Crippen molar-refractivity contribution in [2.45, 2.75) is 38.6 Å². The quantitative estimate of drug-likeness (QED) is 0.547. The average Bonchev–Trinajstić information content (AvgIpc) is 3.18.